The summed E-state index contributed by atoms with van der Waals surface area (Å²) >= 11 is 0. The Hall–Kier alpha value is -1.72. The zero-order valence-electron chi connectivity index (χ0n) is 11.8. The maximum absolute atomic E-state index is 5.14. The molecule has 5 heteroatoms. The van der Waals surface area contributed by atoms with Gasteiger partial charge in [0.15, 0.2) is 0 Å². The minimum absolute atomic E-state index is 0.802. The van der Waals surface area contributed by atoms with Gasteiger partial charge in [-0.3, -0.25) is 4.90 Å². The summed E-state index contributed by atoms with van der Waals surface area (Å²) < 4.78 is 5.14. The van der Waals surface area contributed by atoms with Crippen molar-refractivity contribution in [3.63, 3.8) is 0 Å². The molecule has 1 aliphatic rings. The summed E-state index contributed by atoms with van der Waals surface area (Å²) in [5.74, 6) is 1.06. The third kappa shape index (κ3) is 2.73. The molecule has 1 aromatic carbocycles. The van der Waals surface area contributed by atoms with Gasteiger partial charge in [-0.05, 0) is 12.1 Å². The minimum Gasteiger partial charge on any atom is -0.383 e. The molecule has 0 saturated carbocycles. The number of piperazine rings is 1. The number of hydrogen-bond donors (Lipinski definition) is 0. The number of nitrogens with zero attached hydrogens (tertiary/aromatic N) is 4. The van der Waals surface area contributed by atoms with Crippen molar-refractivity contribution >= 4 is 16.7 Å². The highest BCUT2D eigenvalue weighted by Crippen LogP contribution is 2.23. The van der Waals surface area contributed by atoms with E-state index in [1.54, 1.807) is 13.4 Å². The van der Waals surface area contributed by atoms with Crippen LogP contribution in [-0.2, 0) is 4.74 Å². The van der Waals surface area contributed by atoms with E-state index in [-0.39, 0.29) is 0 Å². The molecule has 2 heterocycles. The Morgan fingerprint density at radius 2 is 1.90 bits per heavy atom. The van der Waals surface area contributed by atoms with Gasteiger partial charge in [0.1, 0.15) is 12.1 Å². The summed E-state index contributed by atoms with van der Waals surface area (Å²) in [6.45, 7) is 5.93. The maximum Gasteiger partial charge on any atom is 0.139 e. The van der Waals surface area contributed by atoms with Gasteiger partial charge in [0.2, 0.25) is 0 Å². The van der Waals surface area contributed by atoms with Crippen LogP contribution in [0.25, 0.3) is 10.9 Å². The fraction of sp³-hybridized carbons (Fsp3) is 0.467. The van der Waals surface area contributed by atoms with Crippen LogP contribution in [0.15, 0.2) is 30.6 Å². The van der Waals surface area contributed by atoms with Gasteiger partial charge in [-0.15, -0.1) is 0 Å². The molecule has 0 aliphatic carbocycles. The number of fused-ring (bicyclic) bond motifs is 1. The van der Waals surface area contributed by atoms with Gasteiger partial charge < -0.3 is 9.64 Å². The summed E-state index contributed by atoms with van der Waals surface area (Å²) in [5, 5.41) is 1.14. The first-order chi connectivity index (χ1) is 9.88. The monoisotopic (exact) mass is 272 g/mol. The minimum atomic E-state index is 0.802. The first-order valence-electron chi connectivity index (χ1n) is 7.04. The standard InChI is InChI=1S/C15H20N4O/c1-20-11-10-18-6-8-19(9-7-18)15-13-4-2-3-5-14(13)16-12-17-15/h2-5,12H,6-11H2,1H3. The van der Waals surface area contributed by atoms with E-state index in [1.165, 1.54) is 0 Å². The maximum atomic E-state index is 5.14. The van der Waals surface area contributed by atoms with Crippen LogP contribution in [0.2, 0.25) is 0 Å². The molecule has 1 fully saturated rings. The van der Waals surface area contributed by atoms with Crippen molar-refractivity contribution in [2.24, 2.45) is 0 Å². The summed E-state index contributed by atoms with van der Waals surface area (Å²) in [7, 11) is 1.75. The average Bonchev–Trinajstić information content (AvgIpc) is 2.53. The Kier molecular flexibility index (Phi) is 4.08. The van der Waals surface area contributed by atoms with Crippen LogP contribution < -0.4 is 4.90 Å². The van der Waals surface area contributed by atoms with Gasteiger partial charge in [-0.25, -0.2) is 9.97 Å². The molecule has 106 valence electrons. The van der Waals surface area contributed by atoms with Crippen LogP contribution in [0.1, 0.15) is 0 Å². The molecule has 3 rings (SSSR count). The number of benzene rings is 1. The molecule has 0 N–H and O–H groups in total. The zero-order chi connectivity index (χ0) is 13.8. The smallest absolute Gasteiger partial charge is 0.139 e. The lowest BCUT2D eigenvalue weighted by molar-refractivity contribution is 0.144. The van der Waals surface area contributed by atoms with Crippen molar-refractivity contribution in [2.45, 2.75) is 0 Å². The van der Waals surface area contributed by atoms with E-state index < -0.39 is 0 Å². The molecule has 1 aromatic heterocycles. The Morgan fingerprint density at radius 1 is 1.10 bits per heavy atom. The highest BCUT2D eigenvalue weighted by Gasteiger charge is 2.19. The number of rotatable bonds is 4. The highest BCUT2D eigenvalue weighted by molar-refractivity contribution is 5.89. The van der Waals surface area contributed by atoms with E-state index in [4.69, 9.17) is 4.74 Å². The van der Waals surface area contributed by atoms with Crippen molar-refractivity contribution in [3.8, 4) is 0 Å². The largest absolute Gasteiger partial charge is 0.383 e. The Bertz CT molecular complexity index is 561. The molecule has 0 unspecified atom stereocenters. The third-order valence-electron chi connectivity index (χ3n) is 3.81. The second-order valence-corrected chi connectivity index (χ2v) is 5.04. The molecular weight excluding hydrogens is 252 g/mol. The Balaban J connectivity index is 1.74. The van der Waals surface area contributed by atoms with E-state index >= 15 is 0 Å². The summed E-state index contributed by atoms with van der Waals surface area (Å²) in [5.41, 5.74) is 1.01. The van der Waals surface area contributed by atoms with Crippen LogP contribution >= 0.6 is 0 Å². The predicted octanol–water partition coefficient (Wildman–Crippen LogP) is 1.40. The van der Waals surface area contributed by atoms with Crippen LogP contribution in [-0.4, -0.2) is 61.3 Å². The molecule has 0 radical (unpaired) electrons. The fourth-order valence-corrected chi connectivity index (χ4v) is 2.65. The molecular formula is C15H20N4O. The lowest BCUT2D eigenvalue weighted by Gasteiger charge is -2.35. The Labute approximate surface area is 119 Å². The van der Waals surface area contributed by atoms with Crippen LogP contribution in [0.5, 0.6) is 0 Å². The van der Waals surface area contributed by atoms with E-state index in [9.17, 15) is 0 Å². The molecule has 20 heavy (non-hydrogen) atoms. The fourth-order valence-electron chi connectivity index (χ4n) is 2.65. The van der Waals surface area contributed by atoms with E-state index in [0.29, 0.717) is 0 Å². The summed E-state index contributed by atoms with van der Waals surface area (Å²) in [4.78, 5) is 13.6. The van der Waals surface area contributed by atoms with Crippen molar-refractivity contribution in [1.29, 1.82) is 0 Å². The Morgan fingerprint density at radius 3 is 2.70 bits per heavy atom. The lowest BCUT2D eigenvalue weighted by atomic mass is 10.2. The van der Waals surface area contributed by atoms with Gasteiger partial charge >= 0.3 is 0 Å². The molecule has 2 aromatic rings. The van der Waals surface area contributed by atoms with Gasteiger partial charge in [0.05, 0.1) is 12.1 Å². The predicted molar refractivity (Wildman–Crippen MR) is 80.1 cm³/mol. The lowest BCUT2D eigenvalue weighted by Crippen LogP contribution is -2.47. The van der Waals surface area contributed by atoms with E-state index in [2.05, 4.69) is 25.8 Å². The number of aromatic nitrogens is 2. The van der Waals surface area contributed by atoms with Crippen LogP contribution in [0, 0.1) is 0 Å². The zero-order valence-corrected chi connectivity index (χ0v) is 11.8. The van der Waals surface area contributed by atoms with Gasteiger partial charge in [-0.1, -0.05) is 12.1 Å². The van der Waals surface area contributed by atoms with Gasteiger partial charge in [0.25, 0.3) is 0 Å². The molecule has 0 spiro atoms. The third-order valence-corrected chi connectivity index (χ3v) is 3.81. The van der Waals surface area contributed by atoms with Crippen molar-refractivity contribution in [1.82, 2.24) is 14.9 Å². The normalized spacial score (nSPS) is 16.8. The molecule has 5 nitrogen and oxygen atoms in total. The molecule has 1 saturated heterocycles. The number of ether oxygens (including phenoxy) is 1. The first kappa shape index (κ1) is 13.3. The highest BCUT2D eigenvalue weighted by atomic mass is 16.5. The SMILES string of the molecule is COCCN1CCN(c2ncnc3ccccc23)CC1. The van der Waals surface area contributed by atoms with Gasteiger partial charge in [0, 0.05) is 45.2 Å². The number of anilines is 1. The second kappa shape index (κ2) is 6.15. The van der Waals surface area contributed by atoms with Crippen LogP contribution in [0.4, 0.5) is 5.82 Å². The molecule has 0 atom stereocenters. The van der Waals surface area contributed by atoms with Crippen molar-refractivity contribution in [2.75, 3.05) is 51.3 Å². The number of hydrogen-bond acceptors (Lipinski definition) is 5. The quantitative estimate of drug-likeness (QED) is 0.841. The number of methoxy groups -OCH3 is 1. The van der Waals surface area contributed by atoms with E-state index in [1.807, 2.05) is 18.2 Å². The summed E-state index contributed by atoms with van der Waals surface area (Å²) in [6, 6.07) is 8.20. The van der Waals surface area contributed by atoms with Crippen molar-refractivity contribution in [3.05, 3.63) is 30.6 Å². The second-order valence-electron chi connectivity index (χ2n) is 5.04. The summed E-state index contributed by atoms with van der Waals surface area (Å²) in [6.07, 6.45) is 1.66. The van der Waals surface area contributed by atoms with Crippen LogP contribution in [0.3, 0.4) is 0 Å². The van der Waals surface area contributed by atoms with E-state index in [0.717, 1.165) is 56.1 Å². The van der Waals surface area contributed by atoms with Crippen molar-refractivity contribution < 1.29 is 4.74 Å². The molecule has 1 aliphatic heterocycles. The molecule has 0 bridgehead atoms. The number of para-hydroxylation sites is 1. The average molecular weight is 272 g/mol. The topological polar surface area (TPSA) is 41.5 Å². The van der Waals surface area contributed by atoms with Gasteiger partial charge in [-0.2, -0.15) is 0 Å². The molecule has 0 amide bonds. The first-order valence-corrected chi connectivity index (χ1v) is 7.04.